The molecule has 110 valence electrons. The minimum absolute atomic E-state index is 0.177. The molecule has 0 unspecified atom stereocenters. The third-order valence-corrected chi connectivity index (χ3v) is 4.16. The first kappa shape index (κ1) is 14.9. The molecule has 1 aromatic heterocycles. The smallest absolute Gasteiger partial charge is 0.253 e. The van der Waals surface area contributed by atoms with Crippen LogP contribution in [0.2, 0.25) is 0 Å². The van der Waals surface area contributed by atoms with Gasteiger partial charge < -0.3 is 10.4 Å². The summed E-state index contributed by atoms with van der Waals surface area (Å²) in [6.07, 6.45) is 6.89. The van der Waals surface area contributed by atoms with E-state index in [0.29, 0.717) is 18.8 Å². The monoisotopic (exact) mass is 280 g/mol. The largest absolute Gasteiger partial charge is 0.388 e. The molecule has 20 heavy (non-hydrogen) atoms. The SMILES string of the molecule is CCC1CCC(O)(CNC(=O)c2cncc(F)c2)CC1. The van der Waals surface area contributed by atoms with Crippen LogP contribution in [0.25, 0.3) is 0 Å². The molecule has 2 rings (SSSR count). The maximum absolute atomic E-state index is 13.0. The summed E-state index contributed by atoms with van der Waals surface area (Å²) in [6, 6.07) is 1.14. The molecule has 1 saturated carbocycles. The number of amides is 1. The molecule has 0 atom stereocenters. The van der Waals surface area contributed by atoms with Crippen molar-refractivity contribution >= 4 is 5.91 Å². The molecule has 2 N–H and O–H groups in total. The van der Waals surface area contributed by atoms with Gasteiger partial charge in [0.1, 0.15) is 5.82 Å². The number of pyridine rings is 1. The Morgan fingerprint density at radius 1 is 1.50 bits per heavy atom. The summed E-state index contributed by atoms with van der Waals surface area (Å²) in [5, 5.41) is 13.1. The number of aliphatic hydroxyl groups is 1. The maximum atomic E-state index is 13.0. The molecule has 1 amide bonds. The van der Waals surface area contributed by atoms with Gasteiger partial charge in [0.25, 0.3) is 5.91 Å². The second-order valence-corrected chi connectivity index (χ2v) is 5.65. The van der Waals surface area contributed by atoms with Crippen molar-refractivity contribution in [2.24, 2.45) is 5.92 Å². The summed E-state index contributed by atoms with van der Waals surface area (Å²) in [6.45, 7) is 2.37. The molecule has 5 heteroatoms. The minimum Gasteiger partial charge on any atom is -0.388 e. The van der Waals surface area contributed by atoms with Gasteiger partial charge in [-0.05, 0) is 37.7 Å². The van der Waals surface area contributed by atoms with E-state index in [4.69, 9.17) is 0 Å². The number of nitrogens with zero attached hydrogens (tertiary/aromatic N) is 1. The molecule has 1 aromatic rings. The van der Waals surface area contributed by atoms with Crippen molar-refractivity contribution in [3.63, 3.8) is 0 Å². The van der Waals surface area contributed by atoms with Crippen LogP contribution in [-0.4, -0.2) is 28.1 Å². The number of rotatable bonds is 4. The molecule has 1 aliphatic rings. The molecule has 0 spiro atoms. The summed E-state index contributed by atoms with van der Waals surface area (Å²) in [4.78, 5) is 15.5. The van der Waals surface area contributed by atoms with E-state index < -0.39 is 17.3 Å². The van der Waals surface area contributed by atoms with Crippen LogP contribution < -0.4 is 5.32 Å². The Kier molecular flexibility index (Phi) is 4.70. The molecule has 4 nitrogen and oxygen atoms in total. The van der Waals surface area contributed by atoms with Crippen molar-refractivity contribution in [3.05, 3.63) is 29.8 Å². The van der Waals surface area contributed by atoms with Gasteiger partial charge in [-0.2, -0.15) is 0 Å². The second-order valence-electron chi connectivity index (χ2n) is 5.65. The highest BCUT2D eigenvalue weighted by molar-refractivity contribution is 5.93. The van der Waals surface area contributed by atoms with E-state index in [1.54, 1.807) is 0 Å². The molecule has 0 saturated heterocycles. The van der Waals surface area contributed by atoms with Crippen LogP contribution in [0.5, 0.6) is 0 Å². The average Bonchev–Trinajstić information content (AvgIpc) is 2.46. The van der Waals surface area contributed by atoms with Crippen LogP contribution in [0, 0.1) is 11.7 Å². The first-order chi connectivity index (χ1) is 9.52. The standard InChI is InChI=1S/C15H21FN2O2/c1-2-11-3-5-15(20,6-4-11)10-18-14(19)12-7-13(16)9-17-8-12/h7-9,11,20H,2-6,10H2,1H3,(H,18,19). The quantitative estimate of drug-likeness (QED) is 0.889. The van der Waals surface area contributed by atoms with E-state index in [9.17, 15) is 14.3 Å². The van der Waals surface area contributed by atoms with Crippen LogP contribution in [0.3, 0.4) is 0 Å². The van der Waals surface area contributed by atoms with Gasteiger partial charge in [-0.3, -0.25) is 9.78 Å². The van der Waals surface area contributed by atoms with Crippen molar-refractivity contribution in [2.75, 3.05) is 6.54 Å². The van der Waals surface area contributed by atoms with Crippen LogP contribution in [0.15, 0.2) is 18.5 Å². The lowest BCUT2D eigenvalue weighted by Crippen LogP contribution is -2.45. The molecule has 0 aliphatic heterocycles. The third kappa shape index (κ3) is 3.76. The van der Waals surface area contributed by atoms with Crippen molar-refractivity contribution in [2.45, 2.75) is 44.6 Å². The predicted octanol–water partition coefficient (Wildman–Crippen LogP) is 2.28. The number of hydrogen-bond donors (Lipinski definition) is 2. The molecule has 1 aliphatic carbocycles. The summed E-state index contributed by atoms with van der Waals surface area (Å²) >= 11 is 0. The maximum Gasteiger partial charge on any atom is 0.253 e. The zero-order chi connectivity index (χ0) is 14.6. The second kappa shape index (κ2) is 6.31. The van der Waals surface area contributed by atoms with Crippen LogP contribution in [0.1, 0.15) is 49.4 Å². The van der Waals surface area contributed by atoms with Gasteiger partial charge in [-0.1, -0.05) is 13.3 Å². The Labute approximate surface area is 118 Å². The fourth-order valence-electron chi connectivity index (χ4n) is 2.68. The highest BCUT2D eigenvalue weighted by Gasteiger charge is 2.32. The average molecular weight is 280 g/mol. The van der Waals surface area contributed by atoms with Gasteiger partial charge in [-0.15, -0.1) is 0 Å². The van der Waals surface area contributed by atoms with E-state index in [-0.39, 0.29) is 12.1 Å². The van der Waals surface area contributed by atoms with Crippen LogP contribution in [-0.2, 0) is 0 Å². The number of halogens is 1. The molecule has 0 aromatic carbocycles. The number of aromatic nitrogens is 1. The lowest BCUT2D eigenvalue weighted by molar-refractivity contribution is -0.00787. The summed E-state index contributed by atoms with van der Waals surface area (Å²) < 4.78 is 13.0. The third-order valence-electron chi connectivity index (χ3n) is 4.16. The number of carbonyl (C=O) groups is 1. The minimum atomic E-state index is -0.831. The van der Waals surface area contributed by atoms with E-state index in [1.165, 1.54) is 6.20 Å². The Morgan fingerprint density at radius 3 is 2.80 bits per heavy atom. The van der Waals surface area contributed by atoms with Gasteiger partial charge >= 0.3 is 0 Å². The van der Waals surface area contributed by atoms with Crippen molar-refractivity contribution < 1.29 is 14.3 Å². The first-order valence-corrected chi connectivity index (χ1v) is 7.13. The Hall–Kier alpha value is -1.49. The zero-order valence-electron chi connectivity index (χ0n) is 11.7. The normalized spacial score (nSPS) is 26.2. The molecular formula is C15H21FN2O2. The lowest BCUT2D eigenvalue weighted by Gasteiger charge is -2.35. The number of hydrogen-bond acceptors (Lipinski definition) is 3. The van der Waals surface area contributed by atoms with Crippen molar-refractivity contribution in [1.82, 2.24) is 10.3 Å². The predicted molar refractivity (Wildman–Crippen MR) is 73.7 cm³/mol. The van der Waals surface area contributed by atoms with Gasteiger partial charge in [-0.25, -0.2) is 4.39 Å². The molecular weight excluding hydrogens is 259 g/mol. The molecule has 0 bridgehead atoms. The summed E-state index contributed by atoms with van der Waals surface area (Å²) in [5.41, 5.74) is -0.655. The fourth-order valence-corrected chi connectivity index (χ4v) is 2.68. The number of carbonyl (C=O) groups excluding carboxylic acids is 1. The Bertz CT molecular complexity index is 471. The summed E-state index contributed by atoms with van der Waals surface area (Å²) in [7, 11) is 0. The Morgan fingerprint density at radius 2 is 2.20 bits per heavy atom. The van der Waals surface area contributed by atoms with E-state index in [0.717, 1.165) is 31.5 Å². The topological polar surface area (TPSA) is 62.2 Å². The van der Waals surface area contributed by atoms with Gasteiger partial charge in [0.2, 0.25) is 0 Å². The van der Waals surface area contributed by atoms with Crippen LogP contribution in [0.4, 0.5) is 4.39 Å². The van der Waals surface area contributed by atoms with E-state index >= 15 is 0 Å². The van der Waals surface area contributed by atoms with Gasteiger partial charge in [0.15, 0.2) is 0 Å². The molecule has 0 radical (unpaired) electrons. The fraction of sp³-hybridized carbons (Fsp3) is 0.600. The van der Waals surface area contributed by atoms with Crippen molar-refractivity contribution in [3.8, 4) is 0 Å². The highest BCUT2D eigenvalue weighted by atomic mass is 19.1. The van der Waals surface area contributed by atoms with E-state index in [2.05, 4.69) is 17.2 Å². The van der Waals surface area contributed by atoms with Gasteiger partial charge in [0, 0.05) is 12.7 Å². The first-order valence-electron chi connectivity index (χ1n) is 7.13. The molecule has 1 heterocycles. The lowest BCUT2D eigenvalue weighted by atomic mass is 9.78. The number of nitrogens with one attached hydrogen (secondary N) is 1. The highest BCUT2D eigenvalue weighted by Crippen LogP contribution is 2.33. The Balaban J connectivity index is 1.87. The van der Waals surface area contributed by atoms with Crippen molar-refractivity contribution in [1.29, 1.82) is 0 Å². The van der Waals surface area contributed by atoms with Crippen LogP contribution >= 0.6 is 0 Å². The van der Waals surface area contributed by atoms with Gasteiger partial charge in [0.05, 0.1) is 17.4 Å². The summed E-state index contributed by atoms with van der Waals surface area (Å²) in [5.74, 6) is -0.263. The van der Waals surface area contributed by atoms with E-state index in [1.807, 2.05) is 0 Å². The zero-order valence-corrected chi connectivity index (χ0v) is 11.7. The molecule has 1 fully saturated rings.